The van der Waals surface area contributed by atoms with Gasteiger partial charge >= 0.3 is 0 Å². The maximum absolute atomic E-state index is 12.3. The van der Waals surface area contributed by atoms with Crippen LogP contribution in [-0.4, -0.2) is 61.2 Å². The maximum atomic E-state index is 12.3. The molecule has 5 rings (SSSR count). The zero-order valence-corrected chi connectivity index (χ0v) is 29.2. The first-order chi connectivity index (χ1) is 25.1. The van der Waals surface area contributed by atoms with Crippen LogP contribution in [-0.2, 0) is 22.7 Å². The lowest BCUT2D eigenvalue weighted by atomic mass is 10.1. The van der Waals surface area contributed by atoms with Crippen molar-refractivity contribution in [1.82, 2.24) is 21.6 Å². The second-order valence-corrected chi connectivity index (χ2v) is 12.1. The molecule has 0 aromatic heterocycles. The molecule has 4 aromatic carbocycles. The molecule has 1 heterocycles. The minimum absolute atomic E-state index is 0.105. The number of hydrogen-bond acceptors (Lipinski definition) is 8. The summed E-state index contributed by atoms with van der Waals surface area (Å²) in [5.41, 5.74) is 10.1. The predicted octanol–water partition coefficient (Wildman–Crippen LogP) is 4.94. The Bertz CT molecular complexity index is 1830. The van der Waals surface area contributed by atoms with Crippen molar-refractivity contribution in [2.24, 2.45) is 0 Å². The normalized spacial score (nSPS) is 12.2. The Morgan fingerprint density at radius 3 is 1.40 bits per heavy atom. The highest BCUT2D eigenvalue weighted by Gasteiger charge is 2.13. The average molecular weight is 705 g/mol. The molecule has 4 amide bonds. The number of nitrogens with one attached hydrogen (secondary N) is 4. The fourth-order valence-electron chi connectivity index (χ4n) is 5.19. The number of carbonyl (C=O) groups is 4. The van der Waals surface area contributed by atoms with Gasteiger partial charge < -0.3 is 20.4 Å². The second kappa shape index (κ2) is 19.8. The summed E-state index contributed by atoms with van der Waals surface area (Å²) < 4.78 is 0. The SMILES string of the molecule is CN(C)c1ccc(C(=O)NCc2ccc(C=CC(=O)NO)cc2)cc1.O=C(C=Cc1ccc(CNC(=O)c2ccc(N3CCCC3)cc2)cc1)NO. The predicted molar refractivity (Wildman–Crippen MR) is 202 cm³/mol. The standard InChI is InChI=1S/C21H23N3O3.C19H21N3O3/c25-20(23-27)12-7-16-3-5-17(6-4-16)15-22-21(26)18-8-10-19(11-9-18)24-13-1-2-14-24;1-22(2)17-10-8-16(9-11-17)19(24)20-13-15-5-3-14(4-6-15)7-12-18(23)21-25/h3-12,27H,1-2,13-15H2,(H,22,26)(H,23,25);3-12,25H,13H2,1-2H3,(H,20,24)(H,21,23). The van der Waals surface area contributed by atoms with E-state index in [2.05, 4.69) is 15.5 Å². The monoisotopic (exact) mass is 704 g/mol. The van der Waals surface area contributed by atoms with Crippen LogP contribution < -0.4 is 31.4 Å². The Morgan fingerprint density at radius 1 is 0.615 bits per heavy atom. The van der Waals surface area contributed by atoms with Crippen LogP contribution in [0.2, 0.25) is 0 Å². The van der Waals surface area contributed by atoms with Crippen LogP contribution in [0.25, 0.3) is 12.2 Å². The van der Waals surface area contributed by atoms with Gasteiger partial charge in [-0.05, 0) is 95.8 Å². The van der Waals surface area contributed by atoms with Gasteiger partial charge in [0.05, 0.1) is 0 Å². The molecule has 6 N–H and O–H groups in total. The Hall–Kier alpha value is -6.24. The Kier molecular flexibility index (Phi) is 14.7. The molecule has 0 spiro atoms. The van der Waals surface area contributed by atoms with Crippen LogP contribution in [0.5, 0.6) is 0 Å². The van der Waals surface area contributed by atoms with Crippen molar-refractivity contribution in [1.29, 1.82) is 0 Å². The number of anilines is 2. The Morgan fingerprint density at radius 2 is 1.02 bits per heavy atom. The molecule has 1 aliphatic rings. The average Bonchev–Trinajstić information content (AvgIpc) is 3.74. The third kappa shape index (κ3) is 12.3. The molecular weight excluding hydrogens is 660 g/mol. The van der Waals surface area contributed by atoms with Gasteiger partial charge in [0.25, 0.3) is 23.6 Å². The summed E-state index contributed by atoms with van der Waals surface area (Å²) in [7, 11) is 3.90. The van der Waals surface area contributed by atoms with Crippen molar-refractivity contribution in [3.05, 3.63) is 143 Å². The Labute approximate surface area is 303 Å². The zero-order chi connectivity index (χ0) is 37.3. The van der Waals surface area contributed by atoms with E-state index in [9.17, 15) is 19.2 Å². The molecule has 1 aliphatic heterocycles. The second-order valence-electron chi connectivity index (χ2n) is 12.1. The number of benzene rings is 4. The van der Waals surface area contributed by atoms with Gasteiger partial charge in [-0.3, -0.25) is 29.6 Å². The van der Waals surface area contributed by atoms with Crippen LogP contribution in [0.15, 0.2) is 109 Å². The van der Waals surface area contributed by atoms with Crippen LogP contribution in [0.4, 0.5) is 11.4 Å². The largest absolute Gasteiger partial charge is 0.378 e. The van der Waals surface area contributed by atoms with Gasteiger partial charge in [-0.2, -0.15) is 0 Å². The number of amides is 4. The van der Waals surface area contributed by atoms with E-state index < -0.39 is 11.8 Å². The van der Waals surface area contributed by atoms with Gasteiger partial charge in [-0.1, -0.05) is 48.5 Å². The number of hydroxylamine groups is 2. The summed E-state index contributed by atoms with van der Waals surface area (Å²) in [6.45, 7) is 3.01. The van der Waals surface area contributed by atoms with Gasteiger partial charge in [-0.25, -0.2) is 11.0 Å². The molecule has 1 saturated heterocycles. The molecule has 0 bridgehead atoms. The topological polar surface area (TPSA) is 163 Å². The molecule has 4 aromatic rings. The number of hydrogen-bond donors (Lipinski definition) is 6. The van der Waals surface area contributed by atoms with E-state index in [1.807, 2.05) is 104 Å². The van der Waals surface area contributed by atoms with Crippen molar-refractivity contribution in [2.75, 3.05) is 37.0 Å². The lowest BCUT2D eigenvalue weighted by Crippen LogP contribution is -2.23. The van der Waals surface area contributed by atoms with Crippen molar-refractivity contribution in [2.45, 2.75) is 25.9 Å². The van der Waals surface area contributed by atoms with Crippen molar-refractivity contribution in [3.63, 3.8) is 0 Å². The van der Waals surface area contributed by atoms with E-state index in [1.165, 1.54) is 41.6 Å². The summed E-state index contributed by atoms with van der Waals surface area (Å²) in [6, 6.07) is 30.0. The van der Waals surface area contributed by atoms with Crippen LogP contribution in [0.1, 0.15) is 55.8 Å². The fraction of sp³-hybridized carbons (Fsp3) is 0.200. The number of rotatable bonds is 12. The first-order valence-electron chi connectivity index (χ1n) is 16.8. The van der Waals surface area contributed by atoms with Gasteiger partial charge in [-0.15, -0.1) is 0 Å². The fourth-order valence-corrected chi connectivity index (χ4v) is 5.19. The van der Waals surface area contributed by atoms with Gasteiger partial charge in [0.1, 0.15) is 0 Å². The van der Waals surface area contributed by atoms with Crippen LogP contribution in [0.3, 0.4) is 0 Å². The van der Waals surface area contributed by atoms with Crippen molar-refractivity contribution < 1.29 is 29.6 Å². The highest BCUT2D eigenvalue weighted by atomic mass is 16.5. The van der Waals surface area contributed by atoms with E-state index in [1.54, 1.807) is 24.3 Å². The van der Waals surface area contributed by atoms with Crippen LogP contribution in [0, 0.1) is 0 Å². The van der Waals surface area contributed by atoms with Crippen LogP contribution >= 0.6 is 0 Å². The summed E-state index contributed by atoms with van der Waals surface area (Å²) in [5, 5.41) is 22.7. The first-order valence-corrected chi connectivity index (χ1v) is 16.8. The molecule has 270 valence electrons. The number of carbonyl (C=O) groups excluding carboxylic acids is 4. The zero-order valence-electron chi connectivity index (χ0n) is 29.2. The third-order valence-electron chi connectivity index (χ3n) is 8.19. The van der Waals surface area contributed by atoms with E-state index in [0.29, 0.717) is 24.2 Å². The highest BCUT2D eigenvalue weighted by molar-refractivity contribution is 5.95. The molecule has 12 nitrogen and oxygen atoms in total. The van der Waals surface area contributed by atoms with E-state index in [4.69, 9.17) is 10.4 Å². The van der Waals surface area contributed by atoms with E-state index in [0.717, 1.165) is 41.0 Å². The van der Waals surface area contributed by atoms with E-state index in [-0.39, 0.29) is 11.8 Å². The summed E-state index contributed by atoms with van der Waals surface area (Å²) in [5.74, 6) is -1.40. The maximum Gasteiger partial charge on any atom is 0.267 e. The molecule has 52 heavy (non-hydrogen) atoms. The van der Waals surface area contributed by atoms with Crippen molar-refractivity contribution >= 4 is 47.2 Å². The minimum atomic E-state index is -0.586. The third-order valence-corrected chi connectivity index (χ3v) is 8.19. The lowest BCUT2D eigenvalue weighted by molar-refractivity contribution is -0.124. The molecule has 12 heteroatoms. The first kappa shape index (κ1) is 38.6. The smallest absolute Gasteiger partial charge is 0.267 e. The molecule has 0 aliphatic carbocycles. The molecule has 0 saturated carbocycles. The molecule has 0 radical (unpaired) electrons. The van der Waals surface area contributed by atoms with Crippen molar-refractivity contribution in [3.8, 4) is 0 Å². The Balaban J connectivity index is 0.000000234. The molecule has 0 atom stereocenters. The summed E-state index contributed by atoms with van der Waals surface area (Å²) >= 11 is 0. The van der Waals surface area contributed by atoms with Gasteiger partial charge in [0, 0.05) is 74.9 Å². The highest BCUT2D eigenvalue weighted by Crippen LogP contribution is 2.20. The lowest BCUT2D eigenvalue weighted by Gasteiger charge is -2.17. The van der Waals surface area contributed by atoms with Gasteiger partial charge in [0.2, 0.25) is 0 Å². The summed E-state index contributed by atoms with van der Waals surface area (Å²) in [4.78, 5) is 50.7. The number of nitrogens with zero attached hydrogens (tertiary/aromatic N) is 2. The summed E-state index contributed by atoms with van der Waals surface area (Å²) in [6.07, 6.45) is 8.10. The minimum Gasteiger partial charge on any atom is -0.378 e. The van der Waals surface area contributed by atoms with Gasteiger partial charge in [0.15, 0.2) is 0 Å². The molecule has 0 unspecified atom stereocenters. The molecular formula is C40H44N6O6. The van der Waals surface area contributed by atoms with E-state index >= 15 is 0 Å². The quantitative estimate of drug-likeness (QED) is 0.0687. The molecule has 1 fully saturated rings.